The lowest BCUT2D eigenvalue weighted by Gasteiger charge is -2.31. The van der Waals surface area contributed by atoms with E-state index in [9.17, 15) is 9.59 Å². The minimum absolute atomic E-state index is 0.110. The highest BCUT2D eigenvalue weighted by atomic mass is 16.2. The Morgan fingerprint density at radius 1 is 1.43 bits per heavy atom. The maximum atomic E-state index is 11.0. The lowest BCUT2D eigenvalue weighted by atomic mass is 10.1. The quantitative estimate of drug-likeness (QED) is 0.646. The SMILES string of the molecule is C=CC(=O)NC1CCN(C(C)=O)CC1. The molecule has 0 saturated carbocycles. The highest BCUT2D eigenvalue weighted by Gasteiger charge is 2.20. The summed E-state index contributed by atoms with van der Waals surface area (Å²) in [5, 5.41) is 2.83. The van der Waals surface area contributed by atoms with Gasteiger partial charge in [-0.05, 0) is 18.9 Å². The first kappa shape index (κ1) is 10.8. The van der Waals surface area contributed by atoms with E-state index >= 15 is 0 Å². The molecule has 0 spiro atoms. The molecule has 1 heterocycles. The van der Waals surface area contributed by atoms with Crippen molar-refractivity contribution in [1.29, 1.82) is 0 Å². The van der Waals surface area contributed by atoms with Gasteiger partial charge in [-0.25, -0.2) is 0 Å². The predicted molar refractivity (Wildman–Crippen MR) is 53.6 cm³/mol. The van der Waals surface area contributed by atoms with Gasteiger partial charge in [-0.2, -0.15) is 0 Å². The molecule has 0 aliphatic carbocycles. The van der Waals surface area contributed by atoms with Gasteiger partial charge in [-0.1, -0.05) is 6.58 Å². The van der Waals surface area contributed by atoms with Gasteiger partial charge in [0, 0.05) is 26.1 Å². The molecule has 0 atom stereocenters. The van der Waals surface area contributed by atoms with Gasteiger partial charge in [0.15, 0.2) is 0 Å². The van der Waals surface area contributed by atoms with Crippen LogP contribution >= 0.6 is 0 Å². The van der Waals surface area contributed by atoms with Gasteiger partial charge in [0.25, 0.3) is 0 Å². The van der Waals surface area contributed by atoms with Crippen LogP contribution in [0.15, 0.2) is 12.7 Å². The van der Waals surface area contributed by atoms with Crippen molar-refractivity contribution in [3.63, 3.8) is 0 Å². The molecule has 0 bridgehead atoms. The van der Waals surface area contributed by atoms with Gasteiger partial charge in [0.1, 0.15) is 0 Å². The Balaban J connectivity index is 2.32. The zero-order valence-corrected chi connectivity index (χ0v) is 8.45. The normalized spacial score (nSPS) is 17.6. The monoisotopic (exact) mass is 196 g/mol. The average molecular weight is 196 g/mol. The van der Waals surface area contributed by atoms with Crippen LogP contribution < -0.4 is 5.32 Å². The minimum atomic E-state index is -0.133. The summed E-state index contributed by atoms with van der Waals surface area (Å²) < 4.78 is 0. The standard InChI is InChI=1S/C10H16N2O2/c1-3-10(14)11-9-4-6-12(7-5-9)8(2)13/h3,9H,1,4-7H2,2H3,(H,11,14). The van der Waals surface area contributed by atoms with E-state index < -0.39 is 0 Å². The van der Waals surface area contributed by atoms with Crippen molar-refractivity contribution < 1.29 is 9.59 Å². The highest BCUT2D eigenvalue weighted by molar-refractivity contribution is 5.87. The van der Waals surface area contributed by atoms with Crippen molar-refractivity contribution in [1.82, 2.24) is 10.2 Å². The summed E-state index contributed by atoms with van der Waals surface area (Å²) in [7, 11) is 0. The number of carbonyl (C=O) groups excluding carboxylic acids is 2. The summed E-state index contributed by atoms with van der Waals surface area (Å²) in [6, 6.07) is 0.191. The van der Waals surface area contributed by atoms with Crippen LogP contribution in [0, 0.1) is 0 Å². The molecule has 1 rings (SSSR count). The summed E-state index contributed by atoms with van der Waals surface area (Å²) in [5.74, 6) is -0.0234. The van der Waals surface area contributed by atoms with Crippen LogP contribution in [0.5, 0.6) is 0 Å². The van der Waals surface area contributed by atoms with Gasteiger partial charge in [0.05, 0.1) is 0 Å². The van der Waals surface area contributed by atoms with E-state index in [1.165, 1.54) is 6.08 Å². The number of piperidine rings is 1. The van der Waals surface area contributed by atoms with Gasteiger partial charge in [-0.3, -0.25) is 9.59 Å². The average Bonchev–Trinajstić information content (AvgIpc) is 2.18. The molecule has 1 fully saturated rings. The predicted octanol–water partition coefficient (Wildman–Crippen LogP) is 0.299. The van der Waals surface area contributed by atoms with Gasteiger partial charge >= 0.3 is 0 Å². The van der Waals surface area contributed by atoms with E-state index in [1.807, 2.05) is 0 Å². The van der Waals surface area contributed by atoms with Crippen LogP contribution in [0.2, 0.25) is 0 Å². The van der Waals surface area contributed by atoms with Gasteiger partial charge in [-0.15, -0.1) is 0 Å². The number of amides is 2. The molecule has 0 radical (unpaired) electrons. The summed E-state index contributed by atoms with van der Waals surface area (Å²) in [6.07, 6.45) is 2.94. The van der Waals surface area contributed by atoms with Crippen LogP contribution in [-0.2, 0) is 9.59 Å². The van der Waals surface area contributed by atoms with E-state index in [2.05, 4.69) is 11.9 Å². The van der Waals surface area contributed by atoms with Gasteiger partial charge in [0.2, 0.25) is 11.8 Å². The summed E-state index contributed by atoms with van der Waals surface area (Å²) >= 11 is 0. The molecule has 4 heteroatoms. The minimum Gasteiger partial charge on any atom is -0.350 e. The van der Waals surface area contributed by atoms with Crippen molar-refractivity contribution >= 4 is 11.8 Å². The van der Waals surface area contributed by atoms with E-state index in [0.717, 1.165) is 25.9 Å². The zero-order chi connectivity index (χ0) is 10.6. The summed E-state index contributed by atoms with van der Waals surface area (Å²) in [6.45, 7) is 6.43. The molecule has 4 nitrogen and oxygen atoms in total. The molecule has 14 heavy (non-hydrogen) atoms. The fourth-order valence-corrected chi connectivity index (χ4v) is 1.60. The number of likely N-dealkylation sites (tertiary alicyclic amines) is 1. The maximum absolute atomic E-state index is 11.0. The second kappa shape index (κ2) is 4.79. The fraction of sp³-hybridized carbons (Fsp3) is 0.600. The third-order valence-corrected chi connectivity index (χ3v) is 2.47. The second-order valence-electron chi connectivity index (χ2n) is 3.49. The first-order valence-corrected chi connectivity index (χ1v) is 4.82. The lowest BCUT2D eigenvalue weighted by Crippen LogP contribution is -2.45. The molecule has 1 aliphatic rings. The molecule has 0 aromatic carbocycles. The van der Waals surface area contributed by atoms with Crippen molar-refractivity contribution in [2.45, 2.75) is 25.8 Å². The fourth-order valence-electron chi connectivity index (χ4n) is 1.60. The van der Waals surface area contributed by atoms with E-state index in [0.29, 0.717) is 0 Å². The number of nitrogens with zero attached hydrogens (tertiary/aromatic N) is 1. The Kier molecular flexibility index (Phi) is 3.68. The van der Waals surface area contributed by atoms with Crippen molar-refractivity contribution in [2.75, 3.05) is 13.1 Å². The third-order valence-electron chi connectivity index (χ3n) is 2.47. The van der Waals surface area contributed by atoms with E-state index in [-0.39, 0.29) is 17.9 Å². The smallest absolute Gasteiger partial charge is 0.243 e. The first-order valence-electron chi connectivity index (χ1n) is 4.82. The van der Waals surface area contributed by atoms with Crippen LogP contribution in [-0.4, -0.2) is 35.8 Å². The topological polar surface area (TPSA) is 49.4 Å². The molecule has 1 saturated heterocycles. The first-order chi connectivity index (χ1) is 6.63. The molecule has 2 amide bonds. The number of nitrogens with one attached hydrogen (secondary N) is 1. The van der Waals surface area contributed by atoms with E-state index in [1.54, 1.807) is 11.8 Å². The Labute approximate surface area is 84.0 Å². The largest absolute Gasteiger partial charge is 0.350 e. The molecule has 78 valence electrons. The molecule has 0 unspecified atom stereocenters. The van der Waals surface area contributed by atoms with Gasteiger partial charge < -0.3 is 10.2 Å². The van der Waals surface area contributed by atoms with Crippen LogP contribution in [0.4, 0.5) is 0 Å². The van der Waals surface area contributed by atoms with Crippen LogP contribution in [0.1, 0.15) is 19.8 Å². The number of carbonyl (C=O) groups is 2. The van der Waals surface area contributed by atoms with Crippen LogP contribution in [0.3, 0.4) is 0 Å². The maximum Gasteiger partial charge on any atom is 0.243 e. The van der Waals surface area contributed by atoms with Crippen molar-refractivity contribution in [3.8, 4) is 0 Å². The van der Waals surface area contributed by atoms with Crippen molar-refractivity contribution in [3.05, 3.63) is 12.7 Å². The molecule has 0 aromatic heterocycles. The second-order valence-corrected chi connectivity index (χ2v) is 3.49. The van der Waals surface area contributed by atoms with Crippen LogP contribution in [0.25, 0.3) is 0 Å². The Morgan fingerprint density at radius 2 is 2.00 bits per heavy atom. The molecule has 1 N–H and O–H groups in total. The molecule has 0 aromatic rings. The van der Waals surface area contributed by atoms with E-state index in [4.69, 9.17) is 0 Å². The number of hydrogen-bond donors (Lipinski definition) is 1. The zero-order valence-electron chi connectivity index (χ0n) is 8.45. The summed E-state index contributed by atoms with van der Waals surface area (Å²) in [5.41, 5.74) is 0. The number of rotatable bonds is 2. The molecular formula is C10H16N2O2. The van der Waals surface area contributed by atoms with Crippen molar-refractivity contribution in [2.24, 2.45) is 0 Å². The Bertz CT molecular complexity index is 243. The number of hydrogen-bond acceptors (Lipinski definition) is 2. The summed E-state index contributed by atoms with van der Waals surface area (Å²) in [4.78, 5) is 23.8. The molecular weight excluding hydrogens is 180 g/mol. The lowest BCUT2D eigenvalue weighted by molar-refractivity contribution is -0.129. The Hall–Kier alpha value is -1.32. The molecule has 1 aliphatic heterocycles. The Morgan fingerprint density at radius 3 is 2.43 bits per heavy atom. The third kappa shape index (κ3) is 2.87. The highest BCUT2D eigenvalue weighted by Crippen LogP contribution is 2.09.